The number of aliphatic imine (C=N–C) groups is 1. The molecule has 0 saturated carbocycles. The van der Waals surface area contributed by atoms with Gasteiger partial charge in [-0.2, -0.15) is 5.26 Å². The second-order valence-corrected chi connectivity index (χ2v) is 7.06. The van der Waals surface area contributed by atoms with E-state index in [2.05, 4.69) is 35.3 Å². The molecule has 0 bridgehead atoms. The van der Waals surface area contributed by atoms with E-state index in [1.165, 1.54) is 5.56 Å². The zero-order valence-electron chi connectivity index (χ0n) is 17.7. The number of ether oxygens (including phenoxy) is 2. The van der Waals surface area contributed by atoms with E-state index >= 15 is 0 Å². The monoisotopic (exact) mass is 520 g/mol. The molecule has 2 aromatic rings. The number of hydrogen-bond acceptors (Lipinski definition) is 4. The molecular formula is C23H29IN4O2. The van der Waals surface area contributed by atoms with E-state index in [0.29, 0.717) is 18.0 Å². The van der Waals surface area contributed by atoms with Gasteiger partial charge in [0.25, 0.3) is 0 Å². The fourth-order valence-electron chi connectivity index (χ4n) is 3.57. The van der Waals surface area contributed by atoms with Gasteiger partial charge < -0.3 is 19.7 Å². The van der Waals surface area contributed by atoms with Crippen LogP contribution in [0.3, 0.4) is 0 Å². The molecule has 0 radical (unpaired) electrons. The van der Waals surface area contributed by atoms with Crippen molar-refractivity contribution in [3.8, 4) is 17.6 Å². The molecule has 1 N–H and O–H groups in total. The number of nitriles is 1. The van der Waals surface area contributed by atoms with Crippen molar-refractivity contribution in [3.63, 3.8) is 0 Å². The molecule has 1 aliphatic heterocycles. The van der Waals surface area contributed by atoms with Crippen LogP contribution < -0.4 is 14.8 Å². The SMILES string of the molecule is CCNC(=NCc1ccc(C#N)cc1)N1CCC(c2cc(OC)cc(OC)c2)C1.I. The van der Waals surface area contributed by atoms with Crippen LogP contribution in [0.1, 0.15) is 36.0 Å². The molecule has 3 rings (SSSR count). The molecule has 0 spiro atoms. The molecule has 1 saturated heterocycles. The molecule has 1 aliphatic rings. The Morgan fingerprint density at radius 3 is 2.40 bits per heavy atom. The van der Waals surface area contributed by atoms with Gasteiger partial charge in [-0.05, 0) is 48.7 Å². The largest absolute Gasteiger partial charge is 0.497 e. The maximum absolute atomic E-state index is 8.93. The molecule has 0 aliphatic carbocycles. The summed E-state index contributed by atoms with van der Waals surface area (Å²) in [4.78, 5) is 7.13. The van der Waals surface area contributed by atoms with E-state index in [9.17, 15) is 0 Å². The molecule has 1 fully saturated rings. The number of methoxy groups -OCH3 is 2. The van der Waals surface area contributed by atoms with Gasteiger partial charge in [-0.15, -0.1) is 24.0 Å². The molecule has 1 unspecified atom stereocenters. The first kappa shape index (κ1) is 23.8. The Kier molecular flexibility index (Phi) is 9.24. The molecule has 160 valence electrons. The molecule has 6 nitrogen and oxygen atoms in total. The van der Waals surface area contributed by atoms with E-state index in [0.717, 1.165) is 49.1 Å². The van der Waals surface area contributed by atoms with Crippen LogP contribution in [0.15, 0.2) is 47.5 Å². The van der Waals surface area contributed by atoms with Crippen molar-refractivity contribution in [1.82, 2.24) is 10.2 Å². The van der Waals surface area contributed by atoms with Gasteiger partial charge in [0.15, 0.2) is 5.96 Å². The third-order valence-electron chi connectivity index (χ3n) is 5.16. The van der Waals surface area contributed by atoms with Gasteiger partial charge in [-0.1, -0.05) is 12.1 Å². The number of nitrogens with one attached hydrogen (secondary N) is 1. The second-order valence-electron chi connectivity index (χ2n) is 7.06. The third-order valence-corrected chi connectivity index (χ3v) is 5.16. The number of nitrogens with zero attached hydrogens (tertiary/aromatic N) is 3. The second kappa shape index (κ2) is 11.6. The first-order chi connectivity index (χ1) is 14.2. The maximum atomic E-state index is 8.93. The zero-order chi connectivity index (χ0) is 20.6. The summed E-state index contributed by atoms with van der Waals surface area (Å²) in [6, 6.07) is 15.8. The van der Waals surface area contributed by atoms with Crippen molar-refractivity contribution in [3.05, 3.63) is 59.2 Å². The summed E-state index contributed by atoms with van der Waals surface area (Å²) in [5.41, 5.74) is 2.99. The van der Waals surface area contributed by atoms with Gasteiger partial charge in [0.05, 0.1) is 32.4 Å². The summed E-state index contributed by atoms with van der Waals surface area (Å²) in [5.74, 6) is 2.96. The van der Waals surface area contributed by atoms with Gasteiger partial charge in [0.1, 0.15) is 11.5 Å². The van der Waals surface area contributed by atoms with E-state index in [1.54, 1.807) is 14.2 Å². The van der Waals surface area contributed by atoms with Crippen LogP contribution in [0.25, 0.3) is 0 Å². The summed E-state index contributed by atoms with van der Waals surface area (Å²) in [6.07, 6.45) is 1.05. The lowest BCUT2D eigenvalue weighted by atomic mass is 9.98. The predicted octanol–water partition coefficient (Wildman–Crippen LogP) is 4.15. The van der Waals surface area contributed by atoms with Crippen LogP contribution in [-0.2, 0) is 6.54 Å². The Hall–Kier alpha value is -2.47. The number of rotatable bonds is 6. The highest BCUT2D eigenvalue weighted by Gasteiger charge is 2.27. The van der Waals surface area contributed by atoms with E-state index in [4.69, 9.17) is 19.7 Å². The van der Waals surface area contributed by atoms with Crippen molar-refractivity contribution < 1.29 is 9.47 Å². The highest BCUT2D eigenvalue weighted by atomic mass is 127. The van der Waals surface area contributed by atoms with Crippen molar-refractivity contribution in [2.45, 2.75) is 25.8 Å². The Labute approximate surface area is 195 Å². The first-order valence-electron chi connectivity index (χ1n) is 9.92. The minimum atomic E-state index is 0. The highest BCUT2D eigenvalue weighted by Crippen LogP contribution is 2.32. The number of benzene rings is 2. The minimum Gasteiger partial charge on any atom is -0.497 e. The normalized spacial score (nSPS) is 15.9. The number of guanidine groups is 1. The fourth-order valence-corrected chi connectivity index (χ4v) is 3.57. The van der Waals surface area contributed by atoms with Gasteiger partial charge in [-0.25, -0.2) is 4.99 Å². The summed E-state index contributed by atoms with van der Waals surface area (Å²) in [5, 5.41) is 12.3. The van der Waals surface area contributed by atoms with Crippen molar-refractivity contribution >= 4 is 29.9 Å². The molecule has 30 heavy (non-hydrogen) atoms. The standard InChI is InChI=1S/C23H28N4O2.HI/c1-4-25-23(26-15-18-7-5-17(14-24)6-8-18)27-10-9-19(16-27)20-11-21(28-2)13-22(12-20)29-3;/h5-8,11-13,19H,4,9-10,15-16H2,1-3H3,(H,25,26);1H. The molecule has 2 aromatic carbocycles. The molecule has 7 heteroatoms. The lowest BCUT2D eigenvalue weighted by Gasteiger charge is -2.22. The Balaban J connectivity index is 0.00000320. The summed E-state index contributed by atoms with van der Waals surface area (Å²) >= 11 is 0. The first-order valence-corrected chi connectivity index (χ1v) is 9.92. The van der Waals surface area contributed by atoms with Crippen LogP contribution in [0.5, 0.6) is 11.5 Å². The average molecular weight is 520 g/mol. The minimum absolute atomic E-state index is 0. The molecule has 1 atom stereocenters. The number of likely N-dealkylation sites (tertiary alicyclic amines) is 1. The predicted molar refractivity (Wildman–Crippen MR) is 130 cm³/mol. The number of hydrogen-bond donors (Lipinski definition) is 1. The van der Waals surface area contributed by atoms with Crippen LogP contribution in [0, 0.1) is 11.3 Å². The Morgan fingerprint density at radius 2 is 1.83 bits per heavy atom. The Bertz CT molecular complexity index is 871. The van der Waals surface area contributed by atoms with Crippen LogP contribution >= 0.6 is 24.0 Å². The van der Waals surface area contributed by atoms with Gasteiger partial charge in [0.2, 0.25) is 0 Å². The van der Waals surface area contributed by atoms with Crippen molar-refractivity contribution in [1.29, 1.82) is 5.26 Å². The van der Waals surface area contributed by atoms with E-state index in [-0.39, 0.29) is 24.0 Å². The van der Waals surface area contributed by atoms with Crippen LogP contribution in [0.4, 0.5) is 0 Å². The molecule has 0 amide bonds. The number of halogens is 1. The molecule has 0 aromatic heterocycles. The summed E-state index contributed by atoms with van der Waals surface area (Å²) in [6.45, 7) is 5.33. The lowest BCUT2D eigenvalue weighted by molar-refractivity contribution is 0.392. The Morgan fingerprint density at radius 1 is 1.17 bits per heavy atom. The zero-order valence-corrected chi connectivity index (χ0v) is 20.1. The van der Waals surface area contributed by atoms with Crippen molar-refractivity contribution in [2.75, 3.05) is 33.9 Å². The van der Waals surface area contributed by atoms with E-state index < -0.39 is 0 Å². The van der Waals surface area contributed by atoms with Gasteiger partial charge >= 0.3 is 0 Å². The summed E-state index contributed by atoms with van der Waals surface area (Å²) in [7, 11) is 3.36. The van der Waals surface area contributed by atoms with Gasteiger partial charge in [0, 0.05) is 31.6 Å². The van der Waals surface area contributed by atoms with Crippen LogP contribution in [-0.4, -0.2) is 44.7 Å². The lowest BCUT2D eigenvalue weighted by Crippen LogP contribution is -2.40. The van der Waals surface area contributed by atoms with Crippen LogP contribution in [0.2, 0.25) is 0 Å². The smallest absolute Gasteiger partial charge is 0.194 e. The molecule has 1 heterocycles. The highest BCUT2D eigenvalue weighted by molar-refractivity contribution is 14.0. The van der Waals surface area contributed by atoms with E-state index in [1.807, 2.05) is 30.3 Å². The topological polar surface area (TPSA) is 69.9 Å². The average Bonchev–Trinajstić information content (AvgIpc) is 3.26. The third kappa shape index (κ3) is 6.02. The fraction of sp³-hybridized carbons (Fsp3) is 0.391. The molecular weight excluding hydrogens is 491 g/mol. The quantitative estimate of drug-likeness (QED) is 0.352. The van der Waals surface area contributed by atoms with Gasteiger partial charge in [-0.3, -0.25) is 0 Å². The van der Waals surface area contributed by atoms with Crippen molar-refractivity contribution in [2.24, 2.45) is 4.99 Å². The summed E-state index contributed by atoms with van der Waals surface area (Å²) < 4.78 is 10.8. The maximum Gasteiger partial charge on any atom is 0.194 e.